The second kappa shape index (κ2) is 4.05. The van der Waals surface area contributed by atoms with Crippen LogP contribution in [0.4, 0.5) is 0 Å². The smallest absolute Gasteiger partial charge is 0.227 e. The summed E-state index contributed by atoms with van der Waals surface area (Å²) in [6.07, 6.45) is 8.73. The predicted octanol–water partition coefficient (Wildman–Crippen LogP) is 2.88. The first-order valence-electron chi connectivity index (χ1n) is 7.62. The van der Waals surface area contributed by atoms with E-state index in [9.17, 15) is 5.11 Å². The number of rotatable bonds is 3. The van der Waals surface area contributed by atoms with Gasteiger partial charge in [0.2, 0.25) is 5.89 Å². The van der Waals surface area contributed by atoms with Crippen LogP contribution in [0, 0.1) is 23.2 Å². The maximum atomic E-state index is 9.48. The Balaban J connectivity index is 1.55. The molecule has 19 heavy (non-hydrogen) atoms. The molecule has 0 spiro atoms. The number of nitrogens with zero attached hydrogens (tertiary/aromatic N) is 2. The fourth-order valence-corrected chi connectivity index (χ4v) is 5.34. The quantitative estimate of drug-likeness (QED) is 0.910. The molecule has 5 rings (SSSR count). The lowest BCUT2D eigenvalue weighted by Gasteiger charge is -2.56. The monoisotopic (exact) mass is 262 g/mol. The molecule has 4 nitrogen and oxygen atoms in total. The summed E-state index contributed by atoms with van der Waals surface area (Å²) < 4.78 is 5.34. The fourth-order valence-electron chi connectivity index (χ4n) is 5.34. The highest BCUT2D eigenvalue weighted by Gasteiger charge is 2.51. The molecule has 0 saturated heterocycles. The summed E-state index contributed by atoms with van der Waals surface area (Å²) in [4.78, 5) is 4.36. The lowest BCUT2D eigenvalue weighted by atomic mass is 9.49. The van der Waals surface area contributed by atoms with Gasteiger partial charge < -0.3 is 9.63 Å². The topological polar surface area (TPSA) is 59.2 Å². The van der Waals surface area contributed by atoms with Gasteiger partial charge in [0.05, 0.1) is 0 Å². The number of aliphatic hydroxyl groups is 1. The second-order valence-corrected chi connectivity index (χ2v) is 7.32. The Labute approximate surface area is 113 Å². The van der Waals surface area contributed by atoms with Gasteiger partial charge in [-0.25, -0.2) is 0 Å². The van der Waals surface area contributed by atoms with Crippen molar-refractivity contribution in [2.45, 2.75) is 58.0 Å². The van der Waals surface area contributed by atoms with Gasteiger partial charge in [-0.05, 0) is 68.6 Å². The van der Waals surface area contributed by atoms with Crippen LogP contribution in [0.15, 0.2) is 4.52 Å². The van der Waals surface area contributed by atoms with Gasteiger partial charge in [-0.15, -0.1) is 0 Å². The molecule has 4 saturated carbocycles. The van der Waals surface area contributed by atoms with Crippen LogP contribution < -0.4 is 0 Å². The Bertz CT molecular complexity index is 445. The van der Waals surface area contributed by atoms with Crippen LogP contribution in [-0.4, -0.2) is 15.2 Å². The van der Waals surface area contributed by atoms with E-state index in [2.05, 4.69) is 10.1 Å². The summed E-state index contributed by atoms with van der Waals surface area (Å²) in [5, 5.41) is 13.4. The van der Waals surface area contributed by atoms with Crippen LogP contribution >= 0.6 is 0 Å². The summed E-state index contributed by atoms with van der Waals surface area (Å²) >= 11 is 0. The van der Waals surface area contributed by atoms with Crippen molar-refractivity contribution >= 4 is 0 Å². The largest absolute Gasteiger partial charge is 0.385 e. The van der Waals surface area contributed by atoms with Gasteiger partial charge in [0.1, 0.15) is 6.10 Å². The van der Waals surface area contributed by atoms with Crippen molar-refractivity contribution in [1.29, 1.82) is 0 Å². The first-order chi connectivity index (χ1) is 9.12. The van der Waals surface area contributed by atoms with Crippen molar-refractivity contribution in [2.24, 2.45) is 23.2 Å². The minimum atomic E-state index is -0.631. The third kappa shape index (κ3) is 2.00. The van der Waals surface area contributed by atoms with E-state index in [0.29, 0.717) is 11.2 Å². The van der Waals surface area contributed by atoms with Gasteiger partial charge in [-0.3, -0.25) is 0 Å². The summed E-state index contributed by atoms with van der Waals surface area (Å²) in [7, 11) is 0. The van der Waals surface area contributed by atoms with Crippen LogP contribution in [-0.2, 0) is 6.42 Å². The molecule has 0 aliphatic heterocycles. The molecule has 0 amide bonds. The fraction of sp³-hybridized carbons (Fsp3) is 0.867. The zero-order chi connectivity index (χ0) is 13.0. The van der Waals surface area contributed by atoms with Crippen LogP contribution in [0.2, 0.25) is 0 Å². The highest BCUT2D eigenvalue weighted by Crippen LogP contribution is 2.60. The molecule has 1 N–H and O–H groups in total. The van der Waals surface area contributed by atoms with E-state index in [1.54, 1.807) is 6.92 Å². The Morgan fingerprint density at radius 1 is 1.21 bits per heavy atom. The summed E-state index contributed by atoms with van der Waals surface area (Å²) in [5.41, 5.74) is 0.428. The molecule has 1 atom stereocenters. The highest BCUT2D eigenvalue weighted by atomic mass is 16.5. The molecule has 4 aliphatic carbocycles. The van der Waals surface area contributed by atoms with E-state index in [-0.39, 0.29) is 0 Å². The minimum Gasteiger partial charge on any atom is -0.385 e. The third-order valence-electron chi connectivity index (χ3n) is 5.55. The average Bonchev–Trinajstić information content (AvgIpc) is 2.74. The maximum absolute atomic E-state index is 9.48. The molecule has 1 aromatic rings. The SMILES string of the molecule is CC(O)c1noc(CC23CC4CC(CC(C4)C2)C3)n1. The van der Waals surface area contributed by atoms with Crippen molar-refractivity contribution in [3.63, 3.8) is 0 Å². The molecular weight excluding hydrogens is 240 g/mol. The standard InChI is InChI=1S/C15H22N2O2/c1-9(18)14-16-13(19-17-14)8-15-5-10-2-11(6-15)4-12(3-10)7-15/h9-12,18H,2-8H2,1H3. The Kier molecular flexibility index (Phi) is 2.53. The van der Waals surface area contributed by atoms with E-state index in [0.717, 1.165) is 30.1 Å². The van der Waals surface area contributed by atoms with Crippen LogP contribution in [0.5, 0.6) is 0 Å². The molecule has 104 valence electrons. The summed E-state index contributed by atoms with van der Waals surface area (Å²) in [5.74, 6) is 4.01. The third-order valence-corrected chi connectivity index (χ3v) is 5.55. The van der Waals surface area contributed by atoms with E-state index in [4.69, 9.17) is 4.52 Å². The van der Waals surface area contributed by atoms with Crippen molar-refractivity contribution in [2.75, 3.05) is 0 Å². The predicted molar refractivity (Wildman–Crippen MR) is 69.2 cm³/mol. The van der Waals surface area contributed by atoms with Gasteiger partial charge >= 0.3 is 0 Å². The zero-order valence-corrected chi connectivity index (χ0v) is 11.5. The Morgan fingerprint density at radius 2 is 1.79 bits per heavy atom. The van der Waals surface area contributed by atoms with Crippen molar-refractivity contribution in [3.8, 4) is 0 Å². The molecule has 4 fully saturated rings. The van der Waals surface area contributed by atoms with Crippen molar-refractivity contribution in [3.05, 3.63) is 11.7 Å². The Hall–Kier alpha value is -0.900. The molecule has 4 aliphatic rings. The van der Waals surface area contributed by atoms with E-state index < -0.39 is 6.10 Å². The van der Waals surface area contributed by atoms with Crippen molar-refractivity contribution < 1.29 is 9.63 Å². The van der Waals surface area contributed by atoms with Gasteiger partial charge in [0.15, 0.2) is 5.82 Å². The lowest BCUT2D eigenvalue weighted by Crippen LogP contribution is -2.47. The highest BCUT2D eigenvalue weighted by molar-refractivity contribution is 5.05. The molecule has 0 radical (unpaired) electrons. The Morgan fingerprint density at radius 3 is 2.26 bits per heavy atom. The molecule has 1 aromatic heterocycles. The first kappa shape index (κ1) is 11.9. The molecule has 1 unspecified atom stereocenters. The molecule has 4 heteroatoms. The number of aromatic nitrogens is 2. The van der Waals surface area contributed by atoms with Gasteiger partial charge in [-0.1, -0.05) is 5.16 Å². The van der Waals surface area contributed by atoms with Gasteiger partial charge in [-0.2, -0.15) is 4.98 Å². The average molecular weight is 262 g/mol. The van der Waals surface area contributed by atoms with E-state index >= 15 is 0 Å². The zero-order valence-electron chi connectivity index (χ0n) is 11.5. The van der Waals surface area contributed by atoms with Gasteiger partial charge in [0, 0.05) is 6.42 Å². The first-order valence-corrected chi connectivity index (χ1v) is 7.62. The number of hydrogen-bond acceptors (Lipinski definition) is 4. The lowest BCUT2D eigenvalue weighted by molar-refractivity contribution is -0.0556. The van der Waals surface area contributed by atoms with Crippen LogP contribution in [0.3, 0.4) is 0 Å². The van der Waals surface area contributed by atoms with E-state index in [1.165, 1.54) is 38.5 Å². The molecule has 1 heterocycles. The van der Waals surface area contributed by atoms with Gasteiger partial charge in [0.25, 0.3) is 0 Å². The summed E-state index contributed by atoms with van der Waals surface area (Å²) in [6.45, 7) is 1.68. The molecular formula is C15H22N2O2. The molecule has 4 bridgehead atoms. The molecule has 0 aromatic carbocycles. The normalized spacial score (nSPS) is 41.7. The van der Waals surface area contributed by atoms with Crippen LogP contribution in [0.1, 0.15) is 63.3 Å². The van der Waals surface area contributed by atoms with E-state index in [1.807, 2.05) is 0 Å². The number of hydrogen-bond donors (Lipinski definition) is 1. The number of aliphatic hydroxyl groups excluding tert-OH is 1. The van der Waals surface area contributed by atoms with Crippen LogP contribution in [0.25, 0.3) is 0 Å². The second-order valence-electron chi connectivity index (χ2n) is 7.32. The van der Waals surface area contributed by atoms with Crippen molar-refractivity contribution in [1.82, 2.24) is 10.1 Å². The maximum Gasteiger partial charge on any atom is 0.227 e. The minimum absolute atomic E-state index is 0.428. The summed E-state index contributed by atoms with van der Waals surface area (Å²) in [6, 6.07) is 0.